The first-order valence-electron chi connectivity index (χ1n) is 8.97. The summed E-state index contributed by atoms with van der Waals surface area (Å²) < 4.78 is 1.04. The van der Waals surface area contributed by atoms with Gasteiger partial charge in [-0.2, -0.15) is 0 Å². The van der Waals surface area contributed by atoms with Crippen molar-refractivity contribution >= 4 is 40.1 Å². The Morgan fingerprint density at radius 2 is 1.57 bits per heavy atom. The highest BCUT2D eigenvalue weighted by molar-refractivity contribution is 14.1. The van der Waals surface area contributed by atoms with Crippen LogP contribution in [-0.4, -0.2) is 11.8 Å². The first kappa shape index (κ1) is 20.1. The summed E-state index contributed by atoms with van der Waals surface area (Å²) >= 11 is 2.21. The van der Waals surface area contributed by atoms with Crippen LogP contribution in [0.1, 0.15) is 44.8 Å². The highest BCUT2D eigenvalue weighted by Gasteiger charge is 2.13. The van der Waals surface area contributed by atoms with Gasteiger partial charge in [-0.05, 0) is 77.9 Å². The molecule has 0 radical (unpaired) electrons. The fourth-order valence-corrected chi connectivity index (χ4v) is 3.30. The number of anilines is 1. The lowest BCUT2D eigenvalue weighted by atomic mass is 10.1. The summed E-state index contributed by atoms with van der Waals surface area (Å²) in [6, 6.07) is 22.2. The Balaban J connectivity index is 1.70. The van der Waals surface area contributed by atoms with Crippen molar-refractivity contribution in [3.8, 4) is 0 Å². The molecule has 0 bridgehead atoms. The Bertz CT molecular complexity index is 1000. The molecule has 0 heterocycles. The summed E-state index contributed by atoms with van der Waals surface area (Å²) in [6.45, 7) is 3.94. The van der Waals surface area contributed by atoms with Crippen molar-refractivity contribution in [1.29, 1.82) is 0 Å². The lowest BCUT2D eigenvalue weighted by Crippen LogP contribution is -2.26. The van der Waals surface area contributed by atoms with Crippen LogP contribution in [0.3, 0.4) is 0 Å². The molecule has 0 saturated heterocycles. The van der Waals surface area contributed by atoms with Crippen LogP contribution < -0.4 is 10.6 Å². The number of hydrogen-bond acceptors (Lipinski definition) is 2. The quantitative estimate of drug-likeness (QED) is 0.481. The number of aryl methyl sites for hydroxylation is 1. The summed E-state index contributed by atoms with van der Waals surface area (Å²) in [6.07, 6.45) is 0. The van der Waals surface area contributed by atoms with Gasteiger partial charge in [-0.3, -0.25) is 9.59 Å². The maximum Gasteiger partial charge on any atom is 0.255 e. The second kappa shape index (κ2) is 9.01. The van der Waals surface area contributed by atoms with Crippen molar-refractivity contribution in [2.24, 2.45) is 0 Å². The van der Waals surface area contributed by atoms with E-state index in [1.54, 1.807) is 30.3 Å². The lowest BCUT2D eigenvalue weighted by Gasteiger charge is -2.15. The average molecular weight is 484 g/mol. The third kappa shape index (κ3) is 4.98. The van der Waals surface area contributed by atoms with Crippen LogP contribution >= 0.6 is 22.6 Å². The number of carbonyl (C=O) groups is 2. The Labute approximate surface area is 178 Å². The molecule has 1 atom stereocenters. The molecule has 0 aliphatic heterocycles. The van der Waals surface area contributed by atoms with Crippen LogP contribution in [0.5, 0.6) is 0 Å². The second-order valence-electron chi connectivity index (χ2n) is 6.60. The molecular formula is C23H21IN2O2. The molecule has 3 aromatic carbocycles. The number of carbonyl (C=O) groups excluding carboxylic acids is 2. The number of amides is 2. The number of nitrogens with one attached hydrogen (secondary N) is 2. The fourth-order valence-electron chi connectivity index (χ4n) is 2.78. The average Bonchev–Trinajstić information content (AvgIpc) is 2.70. The molecule has 0 fully saturated rings. The standard InChI is InChI=1S/C23H21IN2O2/c1-15-11-12-19(14-21(15)24)23(28)26-20-10-6-9-18(13-20)22(27)25-16(2)17-7-4-3-5-8-17/h3-14,16H,1-2H3,(H,25,27)(H,26,28). The third-order valence-corrected chi connectivity index (χ3v) is 5.63. The summed E-state index contributed by atoms with van der Waals surface area (Å²) in [5.74, 6) is -0.384. The van der Waals surface area contributed by atoms with E-state index >= 15 is 0 Å². The number of hydrogen-bond donors (Lipinski definition) is 2. The van der Waals surface area contributed by atoms with Crippen LogP contribution in [0.2, 0.25) is 0 Å². The predicted octanol–water partition coefficient (Wildman–Crippen LogP) is 5.34. The van der Waals surface area contributed by atoms with E-state index < -0.39 is 0 Å². The van der Waals surface area contributed by atoms with E-state index in [2.05, 4.69) is 33.2 Å². The summed E-state index contributed by atoms with van der Waals surface area (Å²) in [5.41, 5.74) is 3.83. The van der Waals surface area contributed by atoms with E-state index in [0.29, 0.717) is 16.8 Å². The Kier molecular flexibility index (Phi) is 6.46. The SMILES string of the molecule is Cc1ccc(C(=O)Nc2cccc(C(=O)NC(C)c3ccccc3)c2)cc1I. The molecule has 3 rings (SSSR count). The molecule has 28 heavy (non-hydrogen) atoms. The van der Waals surface area contributed by atoms with Gasteiger partial charge in [-0.1, -0.05) is 42.5 Å². The van der Waals surface area contributed by atoms with E-state index in [1.807, 2.05) is 56.3 Å². The fraction of sp³-hybridized carbons (Fsp3) is 0.130. The molecule has 0 aromatic heterocycles. The van der Waals surface area contributed by atoms with Crippen LogP contribution in [0, 0.1) is 10.5 Å². The van der Waals surface area contributed by atoms with Crippen molar-refractivity contribution in [2.45, 2.75) is 19.9 Å². The first-order valence-corrected chi connectivity index (χ1v) is 10.1. The Morgan fingerprint density at radius 1 is 0.857 bits per heavy atom. The zero-order valence-corrected chi connectivity index (χ0v) is 17.9. The maximum absolute atomic E-state index is 12.6. The zero-order valence-electron chi connectivity index (χ0n) is 15.7. The second-order valence-corrected chi connectivity index (χ2v) is 7.77. The van der Waals surface area contributed by atoms with Gasteiger partial charge in [-0.15, -0.1) is 0 Å². The monoisotopic (exact) mass is 484 g/mol. The van der Waals surface area contributed by atoms with Gasteiger partial charge in [-0.25, -0.2) is 0 Å². The summed E-state index contributed by atoms with van der Waals surface area (Å²) in [4.78, 5) is 25.1. The molecule has 0 aliphatic carbocycles. The van der Waals surface area contributed by atoms with E-state index in [4.69, 9.17) is 0 Å². The number of rotatable bonds is 5. The Hall–Kier alpha value is -2.67. The van der Waals surface area contributed by atoms with Gasteiger partial charge in [0.05, 0.1) is 6.04 Å². The van der Waals surface area contributed by atoms with E-state index in [9.17, 15) is 9.59 Å². The maximum atomic E-state index is 12.6. The number of benzene rings is 3. The third-order valence-electron chi connectivity index (χ3n) is 4.46. The first-order chi connectivity index (χ1) is 13.4. The molecule has 4 nitrogen and oxygen atoms in total. The van der Waals surface area contributed by atoms with Gasteiger partial charge in [0.1, 0.15) is 0 Å². The van der Waals surface area contributed by atoms with Crippen molar-refractivity contribution in [3.63, 3.8) is 0 Å². The number of halogens is 1. The minimum absolute atomic E-state index is 0.110. The smallest absolute Gasteiger partial charge is 0.255 e. The highest BCUT2D eigenvalue weighted by Crippen LogP contribution is 2.17. The highest BCUT2D eigenvalue weighted by atomic mass is 127. The van der Waals surface area contributed by atoms with Crippen molar-refractivity contribution in [1.82, 2.24) is 5.32 Å². The molecule has 0 aliphatic rings. The minimum Gasteiger partial charge on any atom is -0.346 e. The molecule has 5 heteroatoms. The van der Waals surface area contributed by atoms with E-state index in [1.165, 1.54) is 0 Å². The molecule has 2 amide bonds. The van der Waals surface area contributed by atoms with Crippen LogP contribution in [0.15, 0.2) is 72.8 Å². The van der Waals surface area contributed by atoms with Gasteiger partial charge in [0.25, 0.3) is 11.8 Å². The predicted molar refractivity (Wildman–Crippen MR) is 121 cm³/mol. The summed E-state index contributed by atoms with van der Waals surface area (Å²) in [5, 5.41) is 5.85. The summed E-state index contributed by atoms with van der Waals surface area (Å²) in [7, 11) is 0. The normalized spacial score (nSPS) is 11.5. The lowest BCUT2D eigenvalue weighted by molar-refractivity contribution is 0.0938. The minimum atomic E-state index is -0.201. The van der Waals surface area contributed by atoms with E-state index in [-0.39, 0.29) is 17.9 Å². The Morgan fingerprint density at radius 3 is 2.29 bits per heavy atom. The van der Waals surface area contributed by atoms with Crippen LogP contribution in [-0.2, 0) is 0 Å². The largest absolute Gasteiger partial charge is 0.346 e. The van der Waals surface area contributed by atoms with Gasteiger partial charge in [0.2, 0.25) is 0 Å². The molecule has 0 saturated carbocycles. The molecule has 2 N–H and O–H groups in total. The molecule has 1 unspecified atom stereocenters. The molecule has 3 aromatic rings. The molecule has 142 valence electrons. The van der Waals surface area contributed by atoms with Crippen LogP contribution in [0.25, 0.3) is 0 Å². The van der Waals surface area contributed by atoms with E-state index in [0.717, 1.165) is 14.7 Å². The van der Waals surface area contributed by atoms with Crippen molar-refractivity contribution < 1.29 is 9.59 Å². The van der Waals surface area contributed by atoms with Gasteiger partial charge < -0.3 is 10.6 Å². The van der Waals surface area contributed by atoms with Gasteiger partial charge >= 0.3 is 0 Å². The van der Waals surface area contributed by atoms with Crippen LogP contribution in [0.4, 0.5) is 5.69 Å². The van der Waals surface area contributed by atoms with Crippen molar-refractivity contribution in [3.05, 3.63) is 98.6 Å². The van der Waals surface area contributed by atoms with Crippen molar-refractivity contribution in [2.75, 3.05) is 5.32 Å². The molecular weight excluding hydrogens is 463 g/mol. The molecule has 0 spiro atoms. The topological polar surface area (TPSA) is 58.2 Å². The van der Waals surface area contributed by atoms with Gasteiger partial charge in [0, 0.05) is 20.4 Å². The van der Waals surface area contributed by atoms with Gasteiger partial charge in [0.15, 0.2) is 0 Å². The zero-order chi connectivity index (χ0) is 20.1.